The maximum absolute atomic E-state index is 14.1. The van der Waals surface area contributed by atoms with Gasteiger partial charge in [-0.1, -0.05) is 6.92 Å². The van der Waals surface area contributed by atoms with Crippen molar-refractivity contribution in [3.8, 4) is 17.4 Å². The van der Waals surface area contributed by atoms with Crippen LogP contribution in [0.4, 0.5) is 17.6 Å². The molecule has 196 valence electrons. The molecule has 0 aliphatic heterocycles. The molecule has 1 aromatic heterocycles. The summed E-state index contributed by atoms with van der Waals surface area (Å²) in [5.74, 6) is -2.68. The van der Waals surface area contributed by atoms with Gasteiger partial charge in [0.05, 0.1) is 19.3 Å². The average Bonchev–Trinajstić information content (AvgIpc) is 2.81. The summed E-state index contributed by atoms with van der Waals surface area (Å²) in [6, 6.07) is 3.94. The molecule has 12 heteroatoms. The molecule has 1 saturated carbocycles. The molecule has 0 unspecified atom stereocenters. The summed E-state index contributed by atoms with van der Waals surface area (Å²) < 4.78 is 65.9. The normalized spacial score (nSPS) is 19.9. The lowest BCUT2D eigenvalue weighted by atomic mass is 9.77. The smallest absolute Gasteiger partial charge is 0.488 e. The number of pyridine rings is 1. The minimum atomic E-state index is -4.92. The van der Waals surface area contributed by atoms with E-state index >= 15 is 0 Å². The summed E-state index contributed by atoms with van der Waals surface area (Å²) in [6.07, 6.45) is -1.92. The summed E-state index contributed by atoms with van der Waals surface area (Å²) >= 11 is 0. The van der Waals surface area contributed by atoms with Gasteiger partial charge in [0.15, 0.2) is 5.75 Å². The number of hydrogen-bond donors (Lipinski definition) is 2. The number of ether oxygens (including phenoxy) is 3. The Hall–Kier alpha value is -3.57. The Balaban J connectivity index is 1.71. The third kappa shape index (κ3) is 6.76. The van der Waals surface area contributed by atoms with E-state index in [1.54, 1.807) is 0 Å². The van der Waals surface area contributed by atoms with Gasteiger partial charge in [0.2, 0.25) is 0 Å². The van der Waals surface area contributed by atoms with E-state index in [0.717, 1.165) is 18.2 Å². The van der Waals surface area contributed by atoms with Crippen molar-refractivity contribution in [3.05, 3.63) is 47.4 Å². The van der Waals surface area contributed by atoms with Gasteiger partial charge in [-0.15, -0.1) is 13.2 Å². The molecule has 0 atom stereocenters. The first-order valence-corrected chi connectivity index (χ1v) is 11.2. The van der Waals surface area contributed by atoms with Crippen molar-refractivity contribution in [2.75, 3.05) is 13.7 Å². The summed E-state index contributed by atoms with van der Waals surface area (Å²) in [4.78, 5) is 28.8. The molecule has 0 radical (unpaired) electrons. The third-order valence-electron chi connectivity index (χ3n) is 6.04. The second kappa shape index (κ2) is 11.0. The number of nitrogens with zero attached hydrogens (tertiary/aromatic N) is 1. The number of carboxylic acid groups (broad SMARTS) is 1. The number of aromatic nitrogens is 1. The molecule has 8 nitrogen and oxygen atoms in total. The molecule has 1 aliphatic rings. The average molecular weight is 514 g/mol. The van der Waals surface area contributed by atoms with Gasteiger partial charge in [0.25, 0.3) is 11.8 Å². The van der Waals surface area contributed by atoms with Crippen LogP contribution in [-0.2, 0) is 11.2 Å². The third-order valence-corrected chi connectivity index (χ3v) is 6.04. The number of carbonyl (C=O) groups excluding carboxylic acids is 1. The molecule has 2 aromatic rings. The van der Waals surface area contributed by atoms with E-state index < -0.39 is 35.3 Å². The van der Waals surface area contributed by atoms with Gasteiger partial charge in [-0.25, -0.2) is 14.2 Å². The summed E-state index contributed by atoms with van der Waals surface area (Å²) in [5, 5.41) is 12.4. The number of benzene rings is 1. The van der Waals surface area contributed by atoms with E-state index in [4.69, 9.17) is 9.47 Å². The Morgan fingerprint density at radius 3 is 2.53 bits per heavy atom. The Labute approximate surface area is 204 Å². The topological polar surface area (TPSA) is 107 Å². The fourth-order valence-corrected chi connectivity index (χ4v) is 3.96. The summed E-state index contributed by atoms with van der Waals surface area (Å²) in [7, 11) is 1.31. The lowest BCUT2D eigenvalue weighted by molar-refractivity contribution is -0.274. The Bertz CT molecular complexity index is 1100. The van der Waals surface area contributed by atoms with Crippen molar-refractivity contribution < 1.29 is 46.5 Å². The highest BCUT2D eigenvalue weighted by molar-refractivity contribution is 5.98. The van der Waals surface area contributed by atoms with Crippen LogP contribution in [0.5, 0.6) is 17.4 Å². The van der Waals surface area contributed by atoms with E-state index in [-0.39, 0.29) is 35.8 Å². The molecule has 0 saturated heterocycles. The monoisotopic (exact) mass is 514 g/mol. The lowest BCUT2D eigenvalue weighted by Crippen LogP contribution is -2.56. The van der Waals surface area contributed by atoms with Crippen LogP contribution in [0.15, 0.2) is 30.5 Å². The largest absolute Gasteiger partial charge is 0.573 e. The fraction of sp³-hybridized carbons (Fsp3) is 0.458. The Morgan fingerprint density at radius 1 is 1.22 bits per heavy atom. The minimum absolute atomic E-state index is 0.0145. The SMILES string of the molecule is COc1ncc(C(=O)N[C@]2(C(=O)O)CC[C@H](C)CC2)cc1OCCc1cc(OC(F)(F)F)ccc1F. The van der Waals surface area contributed by atoms with Crippen molar-refractivity contribution in [3.63, 3.8) is 0 Å². The van der Waals surface area contributed by atoms with E-state index in [2.05, 4.69) is 15.0 Å². The van der Waals surface area contributed by atoms with Gasteiger partial charge in [0.1, 0.15) is 17.1 Å². The van der Waals surface area contributed by atoms with Crippen LogP contribution < -0.4 is 19.5 Å². The van der Waals surface area contributed by atoms with Crippen LogP contribution in [0.2, 0.25) is 0 Å². The maximum Gasteiger partial charge on any atom is 0.573 e. The van der Waals surface area contributed by atoms with Crippen LogP contribution in [0, 0.1) is 11.7 Å². The van der Waals surface area contributed by atoms with Gasteiger partial charge >= 0.3 is 12.3 Å². The van der Waals surface area contributed by atoms with Crippen molar-refractivity contribution in [2.24, 2.45) is 5.92 Å². The second-order valence-electron chi connectivity index (χ2n) is 8.65. The van der Waals surface area contributed by atoms with Gasteiger partial charge < -0.3 is 24.6 Å². The van der Waals surface area contributed by atoms with Gasteiger partial charge in [0, 0.05) is 18.7 Å². The number of carboxylic acids is 1. The number of carbonyl (C=O) groups is 2. The molecule has 2 N–H and O–H groups in total. The standard InChI is InChI=1S/C24H26F4N2O6/c1-14-5-8-23(9-6-14,22(32)33)30-20(31)16-12-19(21(34-2)29-13-16)35-10-7-15-11-17(3-4-18(15)25)36-24(26,27)28/h3-4,11-14H,5-10H2,1-2H3,(H,30,31)(H,32,33)/t14-,23+. The van der Waals surface area contributed by atoms with E-state index in [1.165, 1.54) is 19.4 Å². The Kier molecular flexibility index (Phi) is 8.26. The molecular formula is C24H26F4N2O6. The molecular weight excluding hydrogens is 488 g/mol. The van der Waals surface area contributed by atoms with E-state index in [1.807, 2.05) is 6.92 Å². The number of amides is 1. The number of methoxy groups -OCH3 is 1. The van der Waals surface area contributed by atoms with E-state index in [0.29, 0.717) is 31.6 Å². The number of nitrogens with one attached hydrogen (secondary N) is 1. The molecule has 0 bridgehead atoms. The van der Waals surface area contributed by atoms with Crippen molar-refractivity contribution in [2.45, 2.75) is 50.9 Å². The Morgan fingerprint density at radius 2 is 1.92 bits per heavy atom. The first-order chi connectivity index (χ1) is 16.9. The van der Waals surface area contributed by atoms with Crippen molar-refractivity contribution >= 4 is 11.9 Å². The number of halogens is 4. The lowest BCUT2D eigenvalue weighted by Gasteiger charge is -2.36. The maximum atomic E-state index is 14.1. The van der Waals surface area contributed by atoms with Crippen LogP contribution in [0.3, 0.4) is 0 Å². The first kappa shape index (κ1) is 27.0. The molecule has 0 spiro atoms. The van der Waals surface area contributed by atoms with Crippen LogP contribution in [-0.4, -0.2) is 47.6 Å². The number of alkyl halides is 3. The quantitative estimate of drug-likeness (QED) is 0.474. The summed E-state index contributed by atoms with van der Waals surface area (Å²) in [6.45, 7) is 1.84. The first-order valence-electron chi connectivity index (χ1n) is 11.2. The van der Waals surface area contributed by atoms with Gasteiger partial charge in [-0.05, 0) is 55.4 Å². The zero-order valence-corrected chi connectivity index (χ0v) is 19.7. The van der Waals surface area contributed by atoms with Crippen LogP contribution >= 0.6 is 0 Å². The molecule has 1 fully saturated rings. The van der Waals surface area contributed by atoms with Crippen molar-refractivity contribution in [1.29, 1.82) is 0 Å². The highest BCUT2D eigenvalue weighted by Gasteiger charge is 2.42. The molecule has 1 amide bonds. The van der Waals surface area contributed by atoms with Gasteiger partial charge in [-0.2, -0.15) is 0 Å². The second-order valence-corrected chi connectivity index (χ2v) is 8.65. The van der Waals surface area contributed by atoms with Crippen LogP contribution in [0.25, 0.3) is 0 Å². The minimum Gasteiger partial charge on any atom is -0.488 e. The predicted molar refractivity (Wildman–Crippen MR) is 119 cm³/mol. The molecule has 36 heavy (non-hydrogen) atoms. The zero-order chi connectivity index (χ0) is 26.5. The molecule has 3 rings (SSSR count). The highest BCUT2D eigenvalue weighted by Crippen LogP contribution is 2.33. The number of rotatable bonds is 9. The highest BCUT2D eigenvalue weighted by atomic mass is 19.4. The predicted octanol–water partition coefficient (Wildman–Crippen LogP) is 4.51. The van der Waals surface area contributed by atoms with Crippen molar-refractivity contribution in [1.82, 2.24) is 10.3 Å². The molecule has 1 aromatic carbocycles. The molecule has 1 heterocycles. The van der Waals surface area contributed by atoms with E-state index in [9.17, 15) is 32.3 Å². The van der Waals surface area contributed by atoms with Gasteiger partial charge in [-0.3, -0.25) is 4.79 Å². The molecule has 1 aliphatic carbocycles. The number of aliphatic carboxylic acids is 1. The fourth-order valence-electron chi connectivity index (χ4n) is 3.96. The summed E-state index contributed by atoms with van der Waals surface area (Å²) in [5.41, 5.74) is -1.43. The van der Waals surface area contributed by atoms with Crippen LogP contribution in [0.1, 0.15) is 48.5 Å². The zero-order valence-electron chi connectivity index (χ0n) is 19.7. The number of hydrogen-bond acceptors (Lipinski definition) is 6.